The zero-order valence-corrected chi connectivity index (χ0v) is 19.7. The summed E-state index contributed by atoms with van der Waals surface area (Å²) in [4.78, 5) is 30.1. The molecule has 1 fully saturated rings. The predicted octanol–water partition coefficient (Wildman–Crippen LogP) is 3.64. The van der Waals surface area contributed by atoms with Crippen molar-refractivity contribution >= 4 is 29.3 Å². The quantitative estimate of drug-likeness (QED) is 0.633. The van der Waals surface area contributed by atoms with Crippen LogP contribution in [0.15, 0.2) is 59.8 Å². The summed E-state index contributed by atoms with van der Waals surface area (Å²) in [6.45, 7) is 7.94. The third kappa shape index (κ3) is 5.15. The van der Waals surface area contributed by atoms with E-state index in [9.17, 15) is 9.59 Å². The number of carbonyl (C=O) groups is 2. The van der Waals surface area contributed by atoms with Crippen LogP contribution >= 0.6 is 11.6 Å². The van der Waals surface area contributed by atoms with E-state index in [0.29, 0.717) is 28.4 Å². The van der Waals surface area contributed by atoms with Gasteiger partial charge in [-0.2, -0.15) is 0 Å². The molecule has 2 aromatic rings. The highest BCUT2D eigenvalue weighted by atomic mass is 35.5. The van der Waals surface area contributed by atoms with E-state index in [0.717, 1.165) is 26.2 Å². The topological polar surface area (TPSA) is 73.9 Å². The Bertz CT molecular complexity index is 1060. The van der Waals surface area contributed by atoms with Gasteiger partial charge in [0.2, 0.25) is 0 Å². The SMILES string of the molecule is CCOC(=O)C1=C(CN2CCN(c3ccccc3C)CC2)NC(=O)NC1c1ccccc1Cl. The van der Waals surface area contributed by atoms with E-state index in [1.165, 1.54) is 11.3 Å². The molecule has 33 heavy (non-hydrogen) atoms. The van der Waals surface area contributed by atoms with Crippen molar-refractivity contribution < 1.29 is 14.3 Å². The second-order valence-corrected chi connectivity index (χ2v) is 8.62. The molecule has 1 unspecified atom stereocenters. The highest BCUT2D eigenvalue weighted by molar-refractivity contribution is 6.31. The number of amides is 2. The van der Waals surface area contributed by atoms with Crippen molar-refractivity contribution in [3.63, 3.8) is 0 Å². The second-order valence-electron chi connectivity index (χ2n) is 8.22. The zero-order valence-electron chi connectivity index (χ0n) is 18.9. The number of nitrogens with zero attached hydrogens (tertiary/aromatic N) is 2. The van der Waals surface area contributed by atoms with Gasteiger partial charge in [-0.3, -0.25) is 4.90 Å². The molecule has 2 amide bonds. The minimum absolute atomic E-state index is 0.244. The molecule has 1 atom stereocenters. The number of carbonyl (C=O) groups excluding carboxylic acids is 2. The van der Waals surface area contributed by atoms with Crippen LogP contribution in [0.3, 0.4) is 0 Å². The third-order valence-electron chi connectivity index (χ3n) is 6.08. The lowest BCUT2D eigenvalue weighted by Gasteiger charge is -2.38. The first-order valence-corrected chi connectivity index (χ1v) is 11.6. The standard InChI is InChI=1S/C25H29ClN4O3/c1-3-33-24(31)22-20(27-25(32)28-23(22)18-9-5-6-10-19(18)26)16-29-12-14-30(15-13-29)21-11-7-4-8-17(21)2/h4-11,23H,3,12-16H2,1-2H3,(H2,27,28,32). The minimum Gasteiger partial charge on any atom is -0.463 e. The lowest BCUT2D eigenvalue weighted by molar-refractivity contribution is -0.139. The van der Waals surface area contributed by atoms with Crippen LogP contribution in [0, 0.1) is 6.92 Å². The summed E-state index contributed by atoms with van der Waals surface area (Å²) in [5.74, 6) is -0.455. The summed E-state index contributed by atoms with van der Waals surface area (Å²) in [6, 6.07) is 14.6. The number of nitrogens with one attached hydrogen (secondary N) is 2. The number of aryl methyl sites for hydroxylation is 1. The summed E-state index contributed by atoms with van der Waals surface area (Å²) in [5, 5.41) is 6.18. The van der Waals surface area contributed by atoms with Gasteiger partial charge in [0.05, 0.1) is 18.2 Å². The van der Waals surface area contributed by atoms with Gasteiger partial charge in [0.25, 0.3) is 0 Å². The molecule has 8 heteroatoms. The first-order chi connectivity index (χ1) is 16.0. The van der Waals surface area contributed by atoms with E-state index < -0.39 is 12.0 Å². The van der Waals surface area contributed by atoms with Crippen LogP contribution in [0.25, 0.3) is 0 Å². The van der Waals surface area contributed by atoms with Gasteiger partial charge in [-0.25, -0.2) is 9.59 Å². The van der Waals surface area contributed by atoms with Crippen molar-refractivity contribution in [2.24, 2.45) is 0 Å². The lowest BCUT2D eigenvalue weighted by Crippen LogP contribution is -2.52. The van der Waals surface area contributed by atoms with Crippen LogP contribution in [-0.4, -0.2) is 56.2 Å². The van der Waals surface area contributed by atoms with Gasteiger partial charge in [-0.1, -0.05) is 48.0 Å². The molecule has 0 radical (unpaired) electrons. The Kier molecular flexibility index (Phi) is 7.20. The number of rotatable bonds is 6. The molecule has 2 aliphatic heterocycles. The van der Waals surface area contributed by atoms with Crippen molar-refractivity contribution in [3.8, 4) is 0 Å². The van der Waals surface area contributed by atoms with E-state index in [-0.39, 0.29) is 12.6 Å². The molecule has 2 heterocycles. The van der Waals surface area contributed by atoms with E-state index in [1.807, 2.05) is 24.3 Å². The average molecular weight is 469 g/mol. The third-order valence-corrected chi connectivity index (χ3v) is 6.42. The first-order valence-electron chi connectivity index (χ1n) is 11.2. The molecule has 174 valence electrons. The molecular formula is C25H29ClN4O3. The van der Waals surface area contributed by atoms with Crippen LogP contribution in [0.1, 0.15) is 24.1 Å². The fourth-order valence-corrected chi connectivity index (χ4v) is 4.67. The average Bonchev–Trinajstić information content (AvgIpc) is 2.80. The van der Waals surface area contributed by atoms with Gasteiger partial charge >= 0.3 is 12.0 Å². The number of halogens is 1. The van der Waals surface area contributed by atoms with Crippen LogP contribution in [0.2, 0.25) is 5.02 Å². The van der Waals surface area contributed by atoms with E-state index in [2.05, 4.69) is 45.6 Å². The van der Waals surface area contributed by atoms with Gasteiger partial charge in [0.15, 0.2) is 0 Å². The van der Waals surface area contributed by atoms with Crippen LogP contribution in [0.5, 0.6) is 0 Å². The normalized spacial score (nSPS) is 19.2. The molecule has 2 N–H and O–H groups in total. The molecule has 0 saturated carbocycles. The Morgan fingerprint density at radius 3 is 2.48 bits per heavy atom. The number of urea groups is 1. The van der Waals surface area contributed by atoms with Crippen molar-refractivity contribution in [2.45, 2.75) is 19.9 Å². The summed E-state index contributed by atoms with van der Waals surface area (Å²) in [6.07, 6.45) is 0. The van der Waals surface area contributed by atoms with Crippen molar-refractivity contribution in [1.82, 2.24) is 15.5 Å². The molecule has 7 nitrogen and oxygen atoms in total. The zero-order chi connectivity index (χ0) is 23.4. The largest absolute Gasteiger partial charge is 0.463 e. The van der Waals surface area contributed by atoms with Gasteiger partial charge in [-0.15, -0.1) is 0 Å². The highest BCUT2D eigenvalue weighted by Crippen LogP contribution is 2.32. The van der Waals surface area contributed by atoms with Crippen molar-refractivity contribution in [1.29, 1.82) is 0 Å². The summed E-state index contributed by atoms with van der Waals surface area (Å²) < 4.78 is 5.36. The predicted molar refractivity (Wildman–Crippen MR) is 129 cm³/mol. The van der Waals surface area contributed by atoms with E-state index >= 15 is 0 Å². The van der Waals surface area contributed by atoms with Gasteiger partial charge in [-0.05, 0) is 37.1 Å². The molecule has 2 aliphatic rings. The number of anilines is 1. The number of ether oxygens (including phenoxy) is 1. The number of benzene rings is 2. The number of esters is 1. The summed E-state index contributed by atoms with van der Waals surface area (Å²) >= 11 is 6.42. The number of para-hydroxylation sites is 1. The number of hydrogen-bond donors (Lipinski definition) is 2. The summed E-state index contributed by atoms with van der Waals surface area (Å²) in [5.41, 5.74) is 4.13. The Labute approximate surface area is 199 Å². The van der Waals surface area contributed by atoms with Gasteiger partial charge in [0, 0.05) is 49.1 Å². The molecule has 2 aromatic carbocycles. The molecular weight excluding hydrogens is 440 g/mol. The maximum atomic E-state index is 13.0. The first kappa shape index (κ1) is 23.1. The van der Waals surface area contributed by atoms with Crippen molar-refractivity contribution in [3.05, 3.63) is 76.0 Å². The van der Waals surface area contributed by atoms with Crippen LogP contribution in [-0.2, 0) is 9.53 Å². The lowest BCUT2D eigenvalue weighted by atomic mass is 9.94. The number of piperazine rings is 1. The van der Waals surface area contributed by atoms with E-state index in [1.54, 1.807) is 13.0 Å². The van der Waals surface area contributed by atoms with Gasteiger partial charge in [0.1, 0.15) is 0 Å². The molecule has 1 saturated heterocycles. The Morgan fingerprint density at radius 2 is 1.79 bits per heavy atom. The van der Waals surface area contributed by atoms with Gasteiger partial charge < -0.3 is 20.3 Å². The minimum atomic E-state index is -0.672. The molecule has 0 bridgehead atoms. The number of hydrogen-bond acceptors (Lipinski definition) is 5. The maximum Gasteiger partial charge on any atom is 0.338 e. The van der Waals surface area contributed by atoms with Crippen LogP contribution in [0.4, 0.5) is 10.5 Å². The van der Waals surface area contributed by atoms with Crippen LogP contribution < -0.4 is 15.5 Å². The molecule has 0 spiro atoms. The molecule has 4 rings (SSSR count). The molecule has 0 aliphatic carbocycles. The second kappa shape index (κ2) is 10.3. The molecule has 0 aromatic heterocycles. The fraction of sp³-hybridized carbons (Fsp3) is 0.360. The Hall–Kier alpha value is -3.03. The Morgan fingerprint density at radius 1 is 1.09 bits per heavy atom. The maximum absolute atomic E-state index is 13.0. The monoisotopic (exact) mass is 468 g/mol. The van der Waals surface area contributed by atoms with Crippen molar-refractivity contribution in [2.75, 3.05) is 44.2 Å². The fourth-order valence-electron chi connectivity index (χ4n) is 4.42. The smallest absolute Gasteiger partial charge is 0.338 e. The summed E-state index contributed by atoms with van der Waals surface area (Å²) in [7, 11) is 0. The Balaban J connectivity index is 1.57. The van der Waals surface area contributed by atoms with E-state index in [4.69, 9.17) is 16.3 Å². The highest BCUT2D eigenvalue weighted by Gasteiger charge is 2.35.